The Morgan fingerprint density at radius 3 is 2.92 bits per heavy atom. The third kappa shape index (κ3) is 4.37. The number of aromatic nitrogens is 2. The van der Waals surface area contributed by atoms with Gasteiger partial charge in [0, 0.05) is 47.4 Å². The summed E-state index contributed by atoms with van der Waals surface area (Å²) in [6.45, 7) is 5.71. The molecular weight excluding hydrogens is 356 g/mol. The molecular formula is C18H23ClN4OS. The van der Waals surface area contributed by atoms with Gasteiger partial charge in [-0.05, 0) is 23.8 Å². The third-order valence-electron chi connectivity index (χ3n) is 4.27. The summed E-state index contributed by atoms with van der Waals surface area (Å²) in [7, 11) is 1.89. The number of aryl methyl sites for hydroxylation is 1. The molecule has 0 saturated carbocycles. The summed E-state index contributed by atoms with van der Waals surface area (Å²) in [5.41, 5.74) is 1.88. The minimum Gasteiger partial charge on any atom is -0.325 e. The Bertz CT molecular complexity index is 761. The van der Waals surface area contributed by atoms with Crippen LogP contribution < -0.4 is 10.6 Å². The van der Waals surface area contributed by atoms with Crippen LogP contribution in [0, 0.1) is 5.92 Å². The van der Waals surface area contributed by atoms with Crippen molar-refractivity contribution < 1.29 is 4.79 Å². The SMILES string of the molecule is CC(C)Sc1ccc(Cl)cc1NC(=O)[C@H]1CNC[C@@H]1c1cnn(C)c1. The smallest absolute Gasteiger partial charge is 0.229 e. The minimum atomic E-state index is -0.125. The fourth-order valence-corrected chi connectivity index (χ4v) is 4.18. The number of hydrogen-bond donors (Lipinski definition) is 2. The lowest BCUT2D eigenvalue weighted by Crippen LogP contribution is -2.28. The average Bonchev–Trinajstić information content (AvgIpc) is 3.18. The van der Waals surface area contributed by atoms with Crippen molar-refractivity contribution in [2.24, 2.45) is 13.0 Å². The maximum Gasteiger partial charge on any atom is 0.229 e. The lowest BCUT2D eigenvalue weighted by atomic mass is 9.90. The van der Waals surface area contributed by atoms with Crippen LogP contribution in [0.4, 0.5) is 5.69 Å². The van der Waals surface area contributed by atoms with Gasteiger partial charge in [0.05, 0.1) is 17.8 Å². The van der Waals surface area contributed by atoms with Gasteiger partial charge < -0.3 is 10.6 Å². The molecule has 0 aliphatic carbocycles. The summed E-state index contributed by atoms with van der Waals surface area (Å²) in [4.78, 5) is 14.0. The summed E-state index contributed by atoms with van der Waals surface area (Å²) < 4.78 is 1.77. The van der Waals surface area contributed by atoms with Crippen LogP contribution in [-0.2, 0) is 11.8 Å². The summed E-state index contributed by atoms with van der Waals surface area (Å²) in [5, 5.41) is 11.7. The van der Waals surface area contributed by atoms with Gasteiger partial charge in [0.15, 0.2) is 0 Å². The van der Waals surface area contributed by atoms with E-state index >= 15 is 0 Å². The quantitative estimate of drug-likeness (QED) is 0.781. The molecule has 2 N–H and O–H groups in total. The number of carbonyl (C=O) groups excluding carboxylic acids is 1. The van der Waals surface area contributed by atoms with Crippen molar-refractivity contribution in [1.82, 2.24) is 15.1 Å². The number of thioether (sulfide) groups is 1. The zero-order valence-corrected chi connectivity index (χ0v) is 16.2. The van der Waals surface area contributed by atoms with E-state index in [9.17, 15) is 4.79 Å². The first-order chi connectivity index (χ1) is 11.9. The van der Waals surface area contributed by atoms with E-state index in [1.807, 2.05) is 37.6 Å². The molecule has 25 heavy (non-hydrogen) atoms. The number of hydrogen-bond acceptors (Lipinski definition) is 4. The molecule has 0 radical (unpaired) electrons. The number of nitrogens with zero attached hydrogens (tertiary/aromatic N) is 2. The third-order valence-corrected chi connectivity index (χ3v) is 5.58. The number of carbonyl (C=O) groups is 1. The Morgan fingerprint density at radius 2 is 2.24 bits per heavy atom. The first kappa shape index (κ1) is 18.3. The maximum absolute atomic E-state index is 12.9. The maximum atomic E-state index is 12.9. The van der Waals surface area contributed by atoms with Gasteiger partial charge in [0.1, 0.15) is 0 Å². The summed E-state index contributed by atoms with van der Waals surface area (Å²) >= 11 is 7.86. The highest BCUT2D eigenvalue weighted by Crippen LogP contribution is 2.34. The monoisotopic (exact) mass is 378 g/mol. The molecule has 2 aromatic rings. The fraction of sp³-hybridized carbons (Fsp3) is 0.444. The lowest BCUT2D eigenvalue weighted by molar-refractivity contribution is -0.119. The van der Waals surface area contributed by atoms with Crippen molar-refractivity contribution in [3.05, 3.63) is 41.2 Å². The van der Waals surface area contributed by atoms with Gasteiger partial charge in [0.2, 0.25) is 5.91 Å². The lowest BCUT2D eigenvalue weighted by Gasteiger charge is -2.19. The number of amides is 1. The Balaban J connectivity index is 1.78. The number of nitrogens with one attached hydrogen (secondary N) is 2. The summed E-state index contributed by atoms with van der Waals surface area (Å²) in [6.07, 6.45) is 3.83. The van der Waals surface area contributed by atoms with Crippen molar-refractivity contribution in [2.75, 3.05) is 18.4 Å². The molecule has 1 aliphatic heterocycles. The Kier molecular flexibility index (Phi) is 5.71. The molecule has 0 bridgehead atoms. The average molecular weight is 379 g/mol. The number of benzene rings is 1. The molecule has 2 atom stereocenters. The normalized spacial score (nSPS) is 20.2. The van der Waals surface area contributed by atoms with Crippen molar-refractivity contribution in [1.29, 1.82) is 0 Å². The first-order valence-corrected chi connectivity index (χ1v) is 9.66. The van der Waals surface area contributed by atoms with E-state index in [4.69, 9.17) is 11.6 Å². The highest BCUT2D eigenvalue weighted by Gasteiger charge is 2.35. The highest BCUT2D eigenvalue weighted by atomic mass is 35.5. The highest BCUT2D eigenvalue weighted by molar-refractivity contribution is 8.00. The van der Waals surface area contributed by atoms with Crippen molar-refractivity contribution in [3.63, 3.8) is 0 Å². The van der Waals surface area contributed by atoms with E-state index in [0.29, 0.717) is 16.8 Å². The second-order valence-electron chi connectivity index (χ2n) is 6.61. The second-order valence-corrected chi connectivity index (χ2v) is 8.67. The van der Waals surface area contributed by atoms with Gasteiger partial charge in [0.25, 0.3) is 0 Å². The summed E-state index contributed by atoms with van der Waals surface area (Å²) in [6, 6.07) is 5.65. The Labute approximate surface area is 157 Å². The zero-order valence-electron chi connectivity index (χ0n) is 14.6. The van der Waals surface area contributed by atoms with Crippen LogP contribution in [0.1, 0.15) is 25.3 Å². The molecule has 1 amide bonds. The van der Waals surface area contributed by atoms with Gasteiger partial charge in [-0.15, -0.1) is 11.8 Å². The van der Waals surface area contributed by atoms with Crippen LogP contribution >= 0.6 is 23.4 Å². The van der Waals surface area contributed by atoms with Gasteiger partial charge in [-0.1, -0.05) is 25.4 Å². The molecule has 0 spiro atoms. The van der Waals surface area contributed by atoms with Crippen LogP contribution in [0.5, 0.6) is 0 Å². The van der Waals surface area contributed by atoms with Crippen molar-refractivity contribution in [3.8, 4) is 0 Å². The number of halogens is 1. The van der Waals surface area contributed by atoms with Gasteiger partial charge in [-0.25, -0.2) is 0 Å². The van der Waals surface area contributed by atoms with Crippen molar-refractivity contribution >= 4 is 35.0 Å². The van der Waals surface area contributed by atoms with Crippen LogP contribution in [-0.4, -0.2) is 34.0 Å². The van der Waals surface area contributed by atoms with E-state index in [1.54, 1.807) is 16.4 Å². The first-order valence-electron chi connectivity index (χ1n) is 8.40. The molecule has 1 aromatic heterocycles. The van der Waals surface area contributed by atoms with E-state index < -0.39 is 0 Å². The zero-order chi connectivity index (χ0) is 18.0. The van der Waals surface area contributed by atoms with E-state index in [2.05, 4.69) is 29.6 Å². The summed E-state index contributed by atoms with van der Waals surface area (Å²) in [5.74, 6) is 0.0286. The van der Waals surface area contributed by atoms with Crippen molar-refractivity contribution in [2.45, 2.75) is 29.9 Å². The largest absolute Gasteiger partial charge is 0.325 e. The van der Waals surface area contributed by atoms with Gasteiger partial charge in [-0.2, -0.15) is 5.10 Å². The van der Waals surface area contributed by atoms with Gasteiger partial charge >= 0.3 is 0 Å². The minimum absolute atomic E-state index is 0.0201. The van der Waals surface area contributed by atoms with E-state index in [-0.39, 0.29) is 17.7 Å². The molecule has 1 aromatic carbocycles. The van der Waals surface area contributed by atoms with Gasteiger partial charge in [-0.3, -0.25) is 9.48 Å². The topological polar surface area (TPSA) is 59.0 Å². The van der Waals surface area contributed by atoms with E-state index in [0.717, 1.165) is 22.7 Å². The number of anilines is 1. The van der Waals surface area contributed by atoms with Crippen LogP contribution in [0.25, 0.3) is 0 Å². The molecule has 1 aliphatic rings. The second kappa shape index (κ2) is 7.81. The molecule has 7 heteroatoms. The molecule has 134 valence electrons. The van der Waals surface area contributed by atoms with Crippen LogP contribution in [0.15, 0.2) is 35.5 Å². The van der Waals surface area contributed by atoms with Crippen LogP contribution in [0.3, 0.4) is 0 Å². The Hall–Kier alpha value is -1.50. The molecule has 5 nitrogen and oxygen atoms in total. The molecule has 1 fully saturated rings. The molecule has 2 heterocycles. The molecule has 1 saturated heterocycles. The standard InChI is InChI=1S/C18H23ClN4OS/c1-11(2)25-17-5-4-13(19)6-16(17)22-18(24)15-9-20-8-14(15)12-7-21-23(3)10-12/h4-7,10-11,14-15,20H,8-9H2,1-3H3,(H,22,24)/t14-,15+/m1/s1. The predicted octanol–water partition coefficient (Wildman–Crippen LogP) is 3.52. The fourth-order valence-electron chi connectivity index (χ4n) is 3.12. The van der Waals surface area contributed by atoms with E-state index in [1.165, 1.54) is 0 Å². The number of rotatable bonds is 5. The predicted molar refractivity (Wildman–Crippen MR) is 103 cm³/mol. The van der Waals surface area contributed by atoms with Crippen LogP contribution in [0.2, 0.25) is 5.02 Å². The molecule has 0 unspecified atom stereocenters. The molecule has 3 rings (SSSR count). The Morgan fingerprint density at radius 1 is 1.44 bits per heavy atom.